The Morgan fingerprint density at radius 3 is 2.46 bits per heavy atom. The lowest BCUT2D eigenvalue weighted by molar-refractivity contribution is 0.901. The molecule has 0 saturated carbocycles. The van der Waals surface area contributed by atoms with Gasteiger partial charge in [-0.3, -0.25) is 0 Å². The second kappa shape index (κ2) is 8.03. The molecule has 2 aromatic carbocycles. The molecule has 3 rings (SSSR count). The van der Waals surface area contributed by atoms with Gasteiger partial charge in [-0.25, -0.2) is 9.97 Å². The van der Waals surface area contributed by atoms with Gasteiger partial charge in [-0.1, -0.05) is 71.4 Å². The number of aromatic nitrogens is 2. The summed E-state index contributed by atoms with van der Waals surface area (Å²) in [5.74, 6) is 1.01. The molecule has 0 unspecified atom stereocenters. The Morgan fingerprint density at radius 2 is 1.77 bits per heavy atom. The summed E-state index contributed by atoms with van der Waals surface area (Å²) >= 11 is 1.53. The van der Waals surface area contributed by atoms with Gasteiger partial charge >= 0.3 is 0 Å². The van der Waals surface area contributed by atoms with Gasteiger partial charge in [0.2, 0.25) is 0 Å². The van der Waals surface area contributed by atoms with E-state index in [0.717, 1.165) is 11.3 Å². The summed E-state index contributed by atoms with van der Waals surface area (Å²) in [6, 6.07) is 18.7. The number of hydrogen-bond donors (Lipinski definition) is 1. The molecule has 0 aliphatic heterocycles. The normalized spacial score (nSPS) is 10.5. The smallest absolute Gasteiger partial charge is 0.190 e. The molecular weight excluding hydrogens is 340 g/mol. The fourth-order valence-corrected chi connectivity index (χ4v) is 3.49. The van der Waals surface area contributed by atoms with Crippen molar-refractivity contribution in [2.24, 2.45) is 0 Å². The topological polar surface area (TPSA) is 75.6 Å². The molecule has 0 bridgehead atoms. The minimum Gasteiger partial charge on any atom is -0.382 e. The molecule has 5 heteroatoms. The second-order valence-corrected chi connectivity index (χ2v) is 7.21. The Bertz CT molecular complexity index is 959. The van der Waals surface area contributed by atoms with Gasteiger partial charge in [0, 0.05) is 12.2 Å². The summed E-state index contributed by atoms with van der Waals surface area (Å²) < 4.78 is 0. The highest BCUT2D eigenvalue weighted by Crippen LogP contribution is 2.24. The molecule has 0 radical (unpaired) electrons. The van der Waals surface area contributed by atoms with Crippen LogP contribution >= 0.6 is 11.8 Å². The Balaban J connectivity index is 1.84. The van der Waals surface area contributed by atoms with Crippen molar-refractivity contribution in [3.63, 3.8) is 0 Å². The number of nitriles is 1. The number of thioether (sulfide) groups is 1. The van der Waals surface area contributed by atoms with Gasteiger partial charge in [-0.05, 0) is 25.0 Å². The molecule has 0 atom stereocenters. The zero-order valence-corrected chi connectivity index (χ0v) is 15.7. The van der Waals surface area contributed by atoms with Crippen LogP contribution in [0, 0.1) is 25.2 Å². The Labute approximate surface area is 158 Å². The minimum atomic E-state index is 0.247. The van der Waals surface area contributed by atoms with E-state index in [1.807, 2.05) is 25.1 Å². The third-order valence-corrected chi connectivity index (χ3v) is 4.96. The molecule has 0 spiro atoms. The van der Waals surface area contributed by atoms with E-state index in [2.05, 4.69) is 53.3 Å². The zero-order chi connectivity index (χ0) is 18.5. The first-order valence-corrected chi connectivity index (χ1v) is 9.34. The molecule has 0 saturated heterocycles. The van der Waals surface area contributed by atoms with Gasteiger partial charge in [-0.2, -0.15) is 5.26 Å². The average Bonchev–Trinajstić information content (AvgIpc) is 2.61. The summed E-state index contributed by atoms with van der Waals surface area (Å²) in [7, 11) is 0. The molecule has 0 fully saturated rings. The lowest BCUT2D eigenvalue weighted by atomic mass is 10.0. The fraction of sp³-hybridized carbons (Fsp3) is 0.190. The van der Waals surface area contributed by atoms with Crippen LogP contribution in [0.15, 0.2) is 53.7 Å². The quantitative estimate of drug-likeness (QED) is 0.538. The van der Waals surface area contributed by atoms with E-state index in [1.165, 1.54) is 28.5 Å². The van der Waals surface area contributed by atoms with Crippen molar-refractivity contribution in [2.45, 2.75) is 31.2 Å². The first-order chi connectivity index (χ1) is 12.5. The summed E-state index contributed by atoms with van der Waals surface area (Å²) in [6.07, 6.45) is 0.565. The molecular formula is C21H20N4S. The van der Waals surface area contributed by atoms with Crippen molar-refractivity contribution in [1.82, 2.24) is 9.97 Å². The lowest BCUT2D eigenvalue weighted by Crippen LogP contribution is -2.06. The monoisotopic (exact) mass is 360 g/mol. The van der Waals surface area contributed by atoms with Crippen molar-refractivity contribution >= 4 is 17.6 Å². The molecule has 3 aromatic rings. The lowest BCUT2D eigenvalue weighted by Gasteiger charge is -2.09. The van der Waals surface area contributed by atoms with Crippen LogP contribution in [0.25, 0.3) is 0 Å². The van der Waals surface area contributed by atoms with E-state index in [0.29, 0.717) is 22.8 Å². The number of benzene rings is 2. The second-order valence-electron chi connectivity index (χ2n) is 6.27. The first kappa shape index (κ1) is 18.0. The van der Waals surface area contributed by atoms with Gasteiger partial charge in [-0.15, -0.1) is 0 Å². The number of nitrogen functional groups attached to an aromatic ring is 1. The fourth-order valence-electron chi connectivity index (χ4n) is 2.67. The standard InChI is InChI=1S/C21H20N4S/c1-14-6-8-16(9-7-14)13-26-21-24-19(18(12-22)20(23)25-21)11-17-5-3-4-15(2)10-17/h3-10H,11,13H2,1-2H3,(H2,23,24,25). The van der Waals surface area contributed by atoms with Crippen molar-refractivity contribution < 1.29 is 0 Å². The number of anilines is 1. The van der Waals surface area contributed by atoms with Crippen LogP contribution in [0.3, 0.4) is 0 Å². The minimum absolute atomic E-state index is 0.247. The molecule has 4 nitrogen and oxygen atoms in total. The third-order valence-electron chi connectivity index (χ3n) is 4.05. The molecule has 0 aliphatic carbocycles. The number of aryl methyl sites for hydroxylation is 2. The van der Waals surface area contributed by atoms with Crippen molar-refractivity contribution in [3.05, 3.63) is 82.0 Å². The van der Waals surface area contributed by atoms with Crippen LogP contribution in [-0.4, -0.2) is 9.97 Å². The van der Waals surface area contributed by atoms with Crippen LogP contribution in [-0.2, 0) is 12.2 Å². The maximum atomic E-state index is 9.44. The summed E-state index contributed by atoms with van der Waals surface area (Å²) in [5.41, 5.74) is 11.8. The Morgan fingerprint density at radius 1 is 1.00 bits per heavy atom. The molecule has 26 heavy (non-hydrogen) atoms. The van der Waals surface area contributed by atoms with E-state index in [4.69, 9.17) is 5.73 Å². The Hall–Kier alpha value is -2.84. The number of hydrogen-bond acceptors (Lipinski definition) is 5. The maximum absolute atomic E-state index is 9.44. The zero-order valence-electron chi connectivity index (χ0n) is 14.9. The maximum Gasteiger partial charge on any atom is 0.190 e. The molecule has 130 valence electrons. The Kier molecular flexibility index (Phi) is 5.55. The molecule has 0 amide bonds. The van der Waals surface area contributed by atoms with Gasteiger partial charge in [0.15, 0.2) is 5.16 Å². The van der Waals surface area contributed by atoms with E-state index in [9.17, 15) is 5.26 Å². The van der Waals surface area contributed by atoms with Crippen molar-refractivity contribution in [3.8, 4) is 6.07 Å². The highest BCUT2D eigenvalue weighted by molar-refractivity contribution is 7.98. The number of nitrogens with two attached hydrogens (primary N) is 1. The van der Waals surface area contributed by atoms with Gasteiger partial charge in [0.25, 0.3) is 0 Å². The third kappa shape index (κ3) is 4.41. The number of nitrogens with zero attached hydrogens (tertiary/aromatic N) is 3. The first-order valence-electron chi connectivity index (χ1n) is 8.35. The average molecular weight is 360 g/mol. The summed E-state index contributed by atoms with van der Waals surface area (Å²) in [6.45, 7) is 4.12. The van der Waals surface area contributed by atoms with Crippen molar-refractivity contribution in [2.75, 3.05) is 5.73 Å². The van der Waals surface area contributed by atoms with Gasteiger partial charge < -0.3 is 5.73 Å². The van der Waals surface area contributed by atoms with Gasteiger partial charge in [0.1, 0.15) is 17.5 Å². The highest BCUT2D eigenvalue weighted by atomic mass is 32.2. The van der Waals surface area contributed by atoms with E-state index < -0.39 is 0 Å². The molecule has 2 N–H and O–H groups in total. The molecule has 1 aromatic heterocycles. The highest BCUT2D eigenvalue weighted by Gasteiger charge is 2.13. The largest absolute Gasteiger partial charge is 0.382 e. The van der Waals surface area contributed by atoms with Crippen LogP contribution < -0.4 is 5.73 Å². The van der Waals surface area contributed by atoms with Crippen molar-refractivity contribution in [1.29, 1.82) is 5.26 Å². The summed E-state index contributed by atoms with van der Waals surface area (Å²) in [5, 5.41) is 10.0. The van der Waals surface area contributed by atoms with E-state index in [1.54, 1.807) is 0 Å². The predicted molar refractivity (Wildman–Crippen MR) is 106 cm³/mol. The van der Waals surface area contributed by atoms with E-state index in [-0.39, 0.29) is 5.82 Å². The molecule has 0 aliphatic rings. The number of rotatable bonds is 5. The predicted octanol–water partition coefficient (Wildman–Crippen LogP) is 4.43. The van der Waals surface area contributed by atoms with Gasteiger partial charge in [0.05, 0.1) is 5.69 Å². The van der Waals surface area contributed by atoms with Crippen LogP contribution in [0.2, 0.25) is 0 Å². The summed E-state index contributed by atoms with van der Waals surface area (Å²) in [4.78, 5) is 8.91. The van der Waals surface area contributed by atoms with E-state index >= 15 is 0 Å². The van der Waals surface area contributed by atoms with Crippen LogP contribution in [0.5, 0.6) is 0 Å². The SMILES string of the molecule is Cc1ccc(CSc2nc(N)c(C#N)c(Cc3cccc(C)c3)n2)cc1. The molecule has 1 heterocycles. The van der Waals surface area contributed by atoms with Crippen LogP contribution in [0.1, 0.15) is 33.5 Å². The van der Waals surface area contributed by atoms with Crippen LogP contribution in [0.4, 0.5) is 5.82 Å².